The van der Waals surface area contributed by atoms with Gasteiger partial charge in [-0.1, -0.05) is 0 Å². The minimum atomic E-state index is -0.883. The molecule has 5 heteroatoms. The average Bonchev–Trinajstić information content (AvgIpc) is 2.00. The summed E-state index contributed by atoms with van der Waals surface area (Å²) in [5, 5.41) is 8.93. The predicted octanol–water partition coefficient (Wildman–Crippen LogP) is 0.362. The van der Waals surface area contributed by atoms with Crippen molar-refractivity contribution in [1.82, 2.24) is 0 Å². The fourth-order valence-corrected chi connectivity index (χ4v) is 0.853. The predicted molar refractivity (Wildman–Crippen MR) is 51.8 cm³/mol. The highest BCUT2D eigenvalue weighted by atomic mass is 16.6. The topological polar surface area (TPSA) is 80.7 Å². The fraction of sp³-hybridized carbons (Fsp3) is 0.500. The van der Waals surface area contributed by atoms with Crippen LogP contribution in [0.25, 0.3) is 0 Å². The van der Waals surface area contributed by atoms with E-state index in [4.69, 9.17) is 5.11 Å². The molecule has 0 spiro atoms. The number of rotatable bonds is 4. The van der Waals surface area contributed by atoms with E-state index in [0.717, 1.165) is 0 Å². The lowest BCUT2D eigenvalue weighted by Crippen LogP contribution is -2.16. The number of hydrogen-bond acceptors (Lipinski definition) is 5. The number of hydrogen-bond donors (Lipinski definition) is 1. The summed E-state index contributed by atoms with van der Waals surface area (Å²) in [4.78, 5) is 32.6. The molecule has 0 aromatic carbocycles. The summed E-state index contributed by atoms with van der Waals surface area (Å²) in [5.41, 5.74) is 0.127. The van der Waals surface area contributed by atoms with Crippen molar-refractivity contribution in [3.63, 3.8) is 0 Å². The van der Waals surface area contributed by atoms with Gasteiger partial charge in [0.25, 0.3) is 0 Å². The maximum atomic E-state index is 11.1. The van der Waals surface area contributed by atoms with Gasteiger partial charge in [-0.3, -0.25) is 9.59 Å². The van der Waals surface area contributed by atoms with E-state index in [0.29, 0.717) is 0 Å². The molecule has 0 bridgehead atoms. The maximum Gasteiger partial charge on any atom is 0.341 e. The molecule has 0 fully saturated rings. The van der Waals surface area contributed by atoms with Gasteiger partial charge in [-0.15, -0.1) is 0 Å². The fourth-order valence-electron chi connectivity index (χ4n) is 0.853. The highest BCUT2D eigenvalue weighted by molar-refractivity contribution is 6.01. The molecule has 0 aliphatic heterocycles. The number of aliphatic hydroxyl groups excluding tert-OH is 1. The van der Waals surface area contributed by atoms with Gasteiger partial charge in [-0.25, -0.2) is 4.79 Å². The first-order valence-corrected chi connectivity index (χ1v) is 4.44. The van der Waals surface area contributed by atoms with Crippen LogP contribution in [-0.2, 0) is 19.1 Å². The van der Waals surface area contributed by atoms with E-state index in [1.807, 2.05) is 0 Å². The summed E-state index contributed by atoms with van der Waals surface area (Å²) in [6, 6.07) is 0. The molecular formula is C10H14O5. The first-order valence-electron chi connectivity index (χ1n) is 4.44. The van der Waals surface area contributed by atoms with Crippen LogP contribution in [0.3, 0.4) is 0 Å². The van der Waals surface area contributed by atoms with E-state index in [9.17, 15) is 14.4 Å². The summed E-state index contributed by atoms with van der Waals surface area (Å²) in [6.45, 7) is 4.11. The SMILES string of the molecule is CC(=O)CC(=O)OC(=O)C(C)=CC(C)O. The van der Waals surface area contributed by atoms with E-state index >= 15 is 0 Å². The van der Waals surface area contributed by atoms with E-state index in [2.05, 4.69) is 4.74 Å². The largest absolute Gasteiger partial charge is 0.389 e. The van der Waals surface area contributed by atoms with Crippen molar-refractivity contribution in [3.05, 3.63) is 11.6 Å². The number of aliphatic hydroxyl groups is 1. The summed E-state index contributed by atoms with van der Waals surface area (Å²) in [5.74, 6) is -2.10. The Morgan fingerprint density at radius 2 is 1.87 bits per heavy atom. The number of ketones is 1. The van der Waals surface area contributed by atoms with Crippen LogP contribution in [0.15, 0.2) is 11.6 Å². The highest BCUT2D eigenvalue weighted by Crippen LogP contribution is 2.00. The quantitative estimate of drug-likeness (QED) is 0.415. The lowest BCUT2D eigenvalue weighted by atomic mass is 10.2. The third-order valence-electron chi connectivity index (χ3n) is 1.41. The highest BCUT2D eigenvalue weighted by Gasteiger charge is 2.14. The molecule has 0 aromatic heterocycles. The van der Waals surface area contributed by atoms with Crippen LogP contribution in [0.5, 0.6) is 0 Å². The first-order chi connectivity index (χ1) is 6.82. The van der Waals surface area contributed by atoms with Crippen LogP contribution in [0, 0.1) is 0 Å². The van der Waals surface area contributed by atoms with Gasteiger partial charge in [0.2, 0.25) is 0 Å². The molecule has 1 atom stereocenters. The van der Waals surface area contributed by atoms with Crippen LogP contribution < -0.4 is 0 Å². The smallest absolute Gasteiger partial charge is 0.341 e. The summed E-state index contributed by atoms with van der Waals surface area (Å²) >= 11 is 0. The van der Waals surface area contributed by atoms with Crippen molar-refractivity contribution in [2.45, 2.75) is 33.3 Å². The van der Waals surface area contributed by atoms with E-state index in [1.54, 1.807) is 0 Å². The van der Waals surface area contributed by atoms with Crippen molar-refractivity contribution in [3.8, 4) is 0 Å². The summed E-state index contributed by atoms with van der Waals surface area (Å²) in [7, 11) is 0. The third-order valence-corrected chi connectivity index (χ3v) is 1.41. The summed E-state index contributed by atoms with van der Waals surface area (Å²) in [6.07, 6.45) is 0.0392. The number of carbonyl (C=O) groups is 3. The summed E-state index contributed by atoms with van der Waals surface area (Å²) < 4.78 is 4.35. The van der Waals surface area contributed by atoms with E-state index < -0.39 is 24.5 Å². The molecule has 84 valence electrons. The molecule has 1 unspecified atom stereocenters. The molecule has 0 radical (unpaired) electrons. The average molecular weight is 214 g/mol. The third kappa shape index (κ3) is 6.56. The number of Topliss-reactive ketones (excluding diaryl/α,β-unsaturated/α-hetero) is 1. The van der Waals surface area contributed by atoms with Gasteiger partial charge in [0, 0.05) is 5.57 Å². The van der Waals surface area contributed by atoms with Gasteiger partial charge < -0.3 is 9.84 Å². The van der Waals surface area contributed by atoms with Crippen LogP contribution in [0.1, 0.15) is 27.2 Å². The second-order valence-corrected chi connectivity index (χ2v) is 3.23. The number of esters is 2. The minimum Gasteiger partial charge on any atom is -0.389 e. The molecule has 0 aliphatic carbocycles. The Morgan fingerprint density at radius 1 is 1.33 bits per heavy atom. The Labute approximate surface area is 87.7 Å². The van der Waals surface area contributed by atoms with Gasteiger partial charge in [-0.2, -0.15) is 0 Å². The molecule has 0 saturated carbocycles. The number of carbonyl (C=O) groups excluding carboxylic acids is 3. The molecule has 5 nitrogen and oxygen atoms in total. The molecule has 0 aromatic rings. The van der Waals surface area contributed by atoms with Crippen molar-refractivity contribution in [2.75, 3.05) is 0 Å². The second-order valence-electron chi connectivity index (χ2n) is 3.23. The number of ether oxygens (including phenoxy) is 1. The van der Waals surface area contributed by atoms with Gasteiger partial charge in [0.1, 0.15) is 12.2 Å². The standard InChI is InChI=1S/C10H14O5/c1-6(4-7(2)11)10(14)15-9(13)5-8(3)12/h4,7,11H,5H2,1-3H3. The Kier molecular flexibility index (Phi) is 5.48. The second kappa shape index (κ2) is 6.08. The van der Waals surface area contributed by atoms with Gasteiger partial charge >= 0.3 is 11.9 Å². The zero-order chi connectivity index (χ0) is 12.0. The Balaban J connectivity index is 4.25. The Morgan fingerprint density at radius 3 is 2.27 bits per heavy atom. The molecule has 0 amide bonds. The van der Waals surface area contributed by atoms with Crippen molar-refractivity contribution in [1.29, 1.82) is 0 Å². The Bertz CT molecular complexity index is 301. The zero-order valence-corrected chi connectivity index (χ0v) is 8.94. The van der Waals surface area contributed by atoms with Gasteiger partial charge in [-0.05, 0) is 26.8 Å². The maximum absolute atomic E-state index is 11.1. The molecule has 15 heavy (non-hydrogen) atoms. The van der Waals surface area contributed by atoms with Crippen LogP contribution >= 0.6 is 0 Å². The van der Waals surface area contributed by atoms with Crippen molar-refractivity contribution in [2.24, 2.45) is 0 Å². The van der Waals surface area contributed by atoms with E-state index in [-0.39, 0.29) is 11.4 Å². The lowest BCUT2D eigenvalue weighted by molar-refractivity contribution is -0.157. The molecular weight excluding hydrogens is 200 g/mol. The molecule has 0 heterocycles. The lowest BCUT2D eigenvalue weighted by Gasteiger charge is -2.02. The van der Waals surface area contributed by atoms with Crippen molar-refractivity contribution < 1.29 is 24.2 Å². The molecule has 0 rings (SSSR count). The molecule has 0 aliphatic rings. The molecule has 1 N–H and O–H groups in total. The normalized spacial score (nSPS) is 13.2. The monoisotopic (exact) mass is 214 g/mol. The van der Waals surface area contributed by atoms with Crippen LogP contribution in [0.2, 0.25) is 0 Å². The Hall–Kier alpha value is -1.49. The zero-order valence-electron chi connectivity index (χ0n) is 8.94. The van der Waals surface area contributed by atoms with Crippen molar-refractivity contribution >= 4 is 17.7 Å². The minimum absolute atomic E-state index is 0.127. The van der Waals surface area contributed by atoms with Crippen LogP contribution in [0.4, 0.5) is 0 Å². The van der Waals surface area contributed by atoms with Crippen LogP contribution in [-0.4, -0.2) is 28.9 Å². The van der Waals surface area contributed by atoms with Gasteiger partial charge in [0.15, 0.2) is 0 Å². The van der Waals surface area contributed by atoms with Gasteiger partial charge in [0.05, 0.1) is 6.10 Å². The van der Waals surface area contributed by atoms with E-state index in [1.165, 1.54) is 26.8 Å². The first kappa shape index (κ1) is 13.5. The molecule has 0 saturated heterocycles.